The van der Waals surface area contributed by atoms with E-state index in [1.54, 1.807) is 0 Å². The number of nitrogens with one attached hydrogen (secondary N) is 1. The SMILES string of the molecule is C[C@@H](O)CNS(=O)(=O)c1cc(Br)c(Cl)c(C(=O)O)c1. The molecular weight excluding hydrogens is 362 g/mol. The Morgan fingerprint density at radius 3 is 2.58 bits per heavy atom. The van der Waals surface area contributed by atoms with Crippen LogP contribution in [0.3, 0.4) is 0 Å². The molecule has 0 spiro atoms. The number of aromatic carboxylic acids is 1. The summed E-state index contributed by atoms with van der Waals surface area (Å²) >= 11 is 8.76. The summed E-state index contributed by atoms with van der Waals surface area (Å²) in [6.45, 7) is 1.24. The number of benzene rings is 1. The molecule has 106 valence electrons. The maximum Gasteiger partial charge on any atom is 0.337 e. The van der Waals surface area contributed by atoms with Crippen LogP contribution in [0, 0.1) is 0 Å². The normalized spacial score (nSPS) is 13.3. The molecule has 0 aliphatic rings. The third-order valence-electron chi connectivity index (χ3n) is 2.11. The van der Waals surface area contributed by atoms with E-state index < -0.39 is 22.1 Å². The monoisotopic (exact) mass is 371 g/mol. The van der Waals surface area contributed by atoms with Gasteiger partial charge in [0.05, 0.1) is 21.6 Å². The first-order valence-corrected chi connectivity index (χ1v) is 7.70. The quantitative estimate of drug-likeness (QED) is 0.726. The number of rotatable bonds is 5. The Labute approximate surface area is 123 Å². The van der Waals surface area contributed by atoms with Crippen LogP contribution in [0.2, 0.25) is 5.02 Å². The lowest BCUT2D eigenvalue weighted by molar-refractivity contribution is 0.0696. The zero-order valence-corrected chi connectivity index (χ0v) is 12.9. The molecule has 0 saturated heterocycles. The number of aliphatic hydroxyl groups excluding tert-OH is 1. The first kappa shape index (κ1) is 16.4. The number of hydrogen-bond acceptors (Lipinski definition) is 4. The second-order valence-electron chi connectivity index (χ2n) is 3.77. The summed E-state index contributed by atoms with van der Waals surface area (Å²) in [5.74, 6) is -1.33. The van der Waals surface area contributed by atoms with Crippen LogP contribution in [-0.2, 0) is 10.0 Å². The summed E-state index contributed by atoms with van der Waals surface area (Å²) in [5, 5.41) is 17.9. The van der Waals surface area contributed by atoms with Crippen LogP contribution in [0.5, 0.6) is 0 Å². The molecule has 0 radical (unpaired) electrons. The Morgan fingerprint density at radius 2 is 2.11 bits per heavy atom. The summed E-state index contributed by atoms with van der Waals surface area (Å²) < 4.78 is 26.1. The smallest absolute Gasteiger partial charge is 0.337 e. The topological polar surface area (TPSA) is 104 Å². The Bertz CT molecular complexity index is 602. The standard InChI is InChI=1S/C10H11BrClNO5S/c1-5(14)4-13-19(17,18)6-2-7(10(15)16)9(12)8(11)3-6/h2-3,5,13-14H,4H2,1H3,(H,15,16)/t5-/m1/s1. The fraction of sp³-hybridized carbons (Fsp3) is 0.300. The van der Waals surface area contributed by atoms with Gasteiger partial charge in [0.25, 0.3) is 0 Å². The van der Waals surface area contributed by atoms with E-state index in [1.807, 2.05) is 0 Å². The van der Waals surface area contributed by atoms with Crippen molar-refractivity contribution in [1.82, 2.24) is 4.72 Å². The number of carboxylic acids is 1. The van der Waals surface area contributed by atoms with Crippen LogP contribution in [0.1, 0.15) is 17.3 Å². The second-order valence-corrected chi connectivity index (χ2v) is 6.77. The van der Waals surface area contributed by atoms with Crippen LogP contribution in [0.25, 0.3) is 0 Å². The van der Waals surface area contributed by atoms with E-state index in [0.29, 0.717) is 0 Å². The molecule has 1 aromatic carbocycles. The maximum absolute atomic E-state index is 11.9. The fourth-order valence-corrected chi connectivity index (χ4v) is 3.16. The average molecular weight is 373 g/mol. The van der Waals surface area contributed by atoms with Gasteiger partial charge >= 0.3 is 5.97 Å². The molecule has 3 N–H and O–H groups in total. The Kier molecular flexibility index (Phi) is 5.34. The highest BCUT2D eigenvalue weighted by molar-refractivity contribution is 9.10. The van der Waals surface area contributed by atoms with Gasteiger partial charge in [-0.3, -0.25) is 0 Å². The van der Waals surface area contributed by atoms with Gasteiger partial charge in [-0.15, -0.1) is 0 Å². The third-order valence-corrected chi connectivity index (χ3v) is 4.78. The van der Waals surface area contributed by atoms with Crippen molar-refractivity contribution >= 4 is 43.5 Å². The summed E-state index contributed by atoms with van der Waals surface area (Å²) in [4.78, 5) is 10.7. The van der Waals surface area contributed by atoms with Crippen LogP contribution in [-0.4, -0.2) is 37.2 Å². The lowest BCUT2D eigenvalue weighted by atomic mass is 10.2. The van der Waals surface area contributed by atoms with Crippen LogP contribution >= 0.6 is 27.5 Å². The van der Waals surface area contributed by atoms with Gasteiger partial charge in [0.2, 0.25) is 10.0 Å². The van der Waals surface area contributed by atoms with Crippen LogP contribution in [0.4, 0.5) is 0 Å². The minimum Gasteiger partial charge on any atom is -0.478 e. The molecule has 1 rings (SSSR count). The van der Waals surface area contributed by atoms with Gasteiger partial charge in [-0.2, -0.15) is 0 Å². The van der Waals surface area contributed by atoms with E-state index >= 15 is 0 Å². The van der Waals surface area contributed by atoms with Crippen molar-refractivity contribution in [2.24, 2.45) is 0 Å². The Balaban J connectivity index is 3.25. The molecule has 0 unspecified atom stereocenters. The molecule has 0 aliphatic carbocycles. The highest BCUT2D eigenvalue weighted by Crippen LogP contribution is 2.29. The van der Waals surface area contributed by atoms with E-state index in [4.69, 9.17) is 21.8 Å². The molecular formula is C10H11BrClNO5S. The van der Waals surface area contributed by atoms with E-state index in [2.05, 4.69) is 20.7 Å². The summed E-state index contributed by atoms with van der Waals surface area (Å²) in [6, 6.07) is 2.15. The van der Waals surface area contributed by atoms with Gasteiger partial charge in [0.15, 0.2) is 0 Å². The summed E-state index contributed by atoms with van der Waals surface area (Å²) in [7, 11) is -3.91. The second kappa shape index (κ2) is 6.19. The van der Waals surface area contributed by atoms with Crippen molar-refractivity contribution in [1.29, 1.82) is 0 Å². The highest BCUT2D eigenvalue weighted by atomic mass is 79.9. The molecule has 1 aromatic rings. The van der Waals surface area contributed by atoms with Crippen LogP contribution < -0.4 is 4.72 Å². The average Bonchev–Trinajstić information content (AvgIpc) is 2.29. The van der Waals surface area contributed by atoms with E-state index in [0.717, 1.165) is 6.07 Å². The maximum atomic E-state index is 11.9. The van der Waals surface area contributed by atoms with Crippen molar-refractivity contribution in [2.75, 3.05) is 6.54 Å². The van der Waals surface area contributed by atoms with Gasteiger partial charge in [-0.25, -0.2) is 17.9 Å². The molecule has 0 amide bonds. The zero-order valence-electron chi connectivity index (χ0n) is 9.72. The van der Waals surface area contributed by atoms with Gasteiger partial charge in [0, 0.05) is 11.0 Å². The molecule has 0 saturated carbocycles. The molecule has 0 aromatic heterocycles. The number of carboxylic acid groups (broad SMARTS) is 1. The Morgan fingerprint density at radius 1 is 1.53 bits per heavy atom. The highest BCUT2D eigenvalue weighted by Gasteiger charge is 2.21. The molecule has 6 nitrogen and oxygen atoms in total. The van der Waals surface area contributed by atoms with Gasteiger partial charge in [-0.1, -0.05) is 11.6 Å². The van der Waals surface area contributed by atoms with Crippen molar-refractivity contribution in [3.63, 3.8) is 0 Å². The number of aliphatic hydroxyl groups is 1. The van der Waals surface area contributed by atoms with Crippen LogP contribution in [0.15, 0.2) is 21.5 Å². The summed E-state index contributed by atoms with van der Waals surface area (Å²) in [6.07, 6.45) is -0.857. The predicted octanol–water partition coefficient (Wildman–Crippen LogP) is 1.46. The fourth-order valence-electron chi connectivity index (χ4n) is 1.19. The first-order chi connectivity index (χ1) is 8.65. The lowest BCUT2D eigenvalue weighted by Gasteiger charge is -2.10. The van der Waals surface area contributed by atoms with Gasteiger partial charge in [0.1, 0.15) is 0 Å². The molecule has 9 heteroatoms. The Hall–Kier alpha value is -0.670. The van der Waals surface area contributed by atoms with E-state index in [-0.39, 0.29) is 26.5 Å². The first-order valence-electron chi connectivity index (χ1n) is 5.05. The molecule has 0 fully saturated rings. The minimum atomic E-state index is -3.91. The predicted molar refractivity (Wildman–Crippen MR) is 73.0 cm³/mol. The molecule has 0 bridgehead atoms. The largest absolute Gasteiger partial charge is 0.478 e. The van der Waals surface area contributed by atoms with Crippen molar-refractivity contribution in [3.8, 4) is 0 Å². The lowest BCUT2D eigenvalue weighted by Crippen LogP contribution is -2.30. The number of sulfonamides is 1. The number of halogens is 2. The van der Waals surface area contributed by atoms with E-state index in [9.17, 15) is 13.2 Å². The summed E-state index contributed by atoms with van der Waals surface area (Å²) in [5.41, 5.74) is -0.325. The van der Waals surface area contributed by atoms with Crippen molar-refractivity contribution in [2.45, 2.75) is 17.9 Å². The number of hydrogen-bond donors (Lipinski definition) is 3. The van der Waals surface area contributed by atoms with Crippen molar-refractivity contribution in [3.05, 3.63) is 27.2 Å². The number of carbonyl (C=O) groups is 1. The zero-order chi connectivity index (χ0) is 14.8. The van der Waals surface area contributed by atoms with Crippen molar-refractivity contribution < 1.29 is 23.4 Å². The molecule has 0 heterocycles. The van der Waals surface area contributed by atoms with Gasteiger partial charge in [-0.05, 0) is 35.0 Å². The molecule has 1 atom stereocenters. The van der Waals surface area contributed by atoms with E-state index in [1.165, 1.54) is 13.0 Å². The third kappa shape index (κ3) is 4.15. The molecule has 19 heavy (non-hydrogen) atoms. The molecule has 0 aliphatic heterocycles. The minimum absolute atomic E-state index is 0.0815. The van der Waals surface area contributed by atoms with Gasteiger partial charge < -0.3 is 10.2 Å².